The van der Waals surface area contributed by atoms with Gasteiger partial charge in [0.15, 0.2) is 0 Å². The molecule has 3 heterocycles. The maximum absolute atomic E-state index is 13.9. The first-order chi connectivity index (χ1) is 18.7. The van der Waals surface area contributed by atoms with Crippen LogP contribution in [0.3, 0.4) is 0 Å². The molecule has 2 aromatic rings. The summed E-state index contributed by atoms with van der Waals surface area (Å²) < 4.78 is 0. The Balaban J connectivity index is 1.39. The molecule has 3 aliphatic rings. The molecule has 39 heavy (non-hydrogen) atoms. The number of hydrogen-bond donors (Lipinski definition) is 4. The summed E-state index contributed by atoms with van der Waals surface area (Å²) in [6.07, 6.45) is 4.12. The molecule has 1 saturated carbocycles. The van der Waals surface area contributed by atoms with E-state index in [1.807, 2.05) is 24.3 Å². The van der Waals surface area contributed by atoms with Crippen LogP contribution < -0.4 is 16.0 Å². The number of amides is 4. The van der Waals surface area contributed by atoms with E-state index in [2.05, 4.69) is 20.9 Å². The number of piperidine rings is 1. The van der Waals surface area contributed by atoms with Crippen LogP contribution in [0.5, 0.6) is 0 Å². The molecule has 1 unspecified atom stereocenters. The number of likely N-dealkylation sites (tertiary alicyclic amines) is 1. The molecule has 1 aromatic heterocycles. The van der Waals surface area contributed by atoms with E-state index in [1.54, 1.807) is 24.8 Å². The second-order valence-electron chi connectivity index (χ2n) is 11.4. The average molecular weight is 536 g/mol. The second-order valence-corrected chi connectivity index (χ2v) is 11.4. The predicted molar refractivity (Wildman–Crippen MR) is 145 cm³/mol. The van der Waals surface area contributed by atoms with Gasteiger partial charge in [0.05, 0.1) is 6.04 Å². The molecular weight excluding hydrogens is 498 g/mol. The lowest BCUT2D eigenvalue weighted by Gasteiger charge is -2.30. The molecule has 5 rings (SSSR count). The van der Waals surface area contributed by atoms with Crippen molar-refractivity contribution in [3.05, 3.63) is 36.0 Å². The quantitative estimate of drug-likeness (QED) is 0.382. The van der Waals surface area contributed by atoms with Crippen LogP contribution in [0.4, 0.5) is 0 Å². The highest BCUT2D eigenvalue weighted by Crippen LogP contribution is 2.43. The van der Waals surface area contributed by atoms with E-state index in [0.717, 1.165) is 36.6 Å². The van der Waals surface area contributed by atoms with Gasteiger partial charge in [0.2, 0.25) is 17.6 Å². The number of nitrogens with one attached hydrogen (secondary N) is 4. The van der Waals surface area contributed by atoms with Gasteiger partial charge in [-0.1, -0.05) is 24.6 Å². The number of carbonyl (C=O) groups excluding carboxylic acids is 5. The largest absolute Gasteiger partial charge is 0.356 e. The van der Waals surface area contributed by atoms with Crippen LogP contribution in [-0.4, -0.2) is 70.5 Å². The van der Waals surface area contributed by atoms with Crippen molar-refractivity contribution in [1.29, 1.82) is 0 Å². The summed E-state index contributed by atoms with van der Waals surface area (Å²) in [4.78, 5) is 70.8. The molecule has 0 radical (unpaired) electrons. The zero-order valence-electron chi connectivity index (χ0n) is 22.5. The Hall–Kier alpha value is -3.69. The third-order valence-electron chi connectivity index (χ3n) is 8.38. The van der Waals surface area contributed by atoms with Gasteiger partial charge in [-0.25, -0.2) is 0 Å². The number of nitrogens with zero attached hydrogens (tertiary/aromatic N) is 1. The second kappa shape index (κ2) is 11.2. The van der Waals surface area contributed by atoms with Crippen LogP contribution in [0.25, 0.3) is 10.9 Å². The van der Waals surface area contributed by atoms with Crippen LogP contribution in [-0.2, 0) is 19.2 Å². The van der Waals surface area contributed by atoms with Gasteiger partial charge in [-0.3, -0.25) is 24.0 Å². The number of ketones is 1. The zero-order valence-corrected chi connectivity index (χ0v) is 22.5. The summed E-state index contributed by atoms with van der Waals surface area (Å²) in [7, 11) is 0. The van der Waals surface area contributed by atoms with Gasteiger partial charge >= 0.3 is 0 Å². The van der Waals surface area contributed by atoms with Crippen LogP contribution >= 0.6 is 0 Å². The molecule has 1 aromatic carbocycles. The van der Waals surface area contributed by atoms with Crippen LogP contribution in [0.2, 0.25) is 0 Å². The van der Waals surface area contributed by atoms with Gasteiger partial charge < -0.3 is 25.8 Å². The van der Waals surface area contributed by atoms with Crippen LogP contribution in [0, 0.1) is 17.8 Å². The zero-order chi connectivity index (χ0) is 27.7. The summed E-state index contributed by atoms with van der Waals surface area (Å²) in [5, 5.41) is 9.15. The number of para-hydroxylation sites is 1. The minimum Gasteiger partial charge on any atom is -0.356 e. The maximum Gasteiger partial charge on any atom is 0.289 e. The number of carbonyl (C=O) groups is 5. The Kier molecular flexibility index (Phi) is 7.72. The molecule has 208 valence electrons. The number of aromatic amines is 1. The predicted octanol–water partition coefficient (Wildman–Crippen LogP) is 1.90. The molecular formula is C29H37N5O5. The van der Waals surface area contributed by atoms with Gasteiger partial charge in [-0.15, -0.1) is 0 Å². The molecule has 10 heteroatoms. The third kappa shape index (κ3) is 5.55. The Labute approximate surface area is 227 Å². The summed E-state index contributed by atoms with van der Waals surface area (Å²) in [6.45, 7) is 4.54. The maximum atomic E-state index is 13.9. The molecule has 2 saturated heterocycles. The van der Waals surface area contributed by atoms with Gasteiger partial charge in [-0.2, -0.15) is 0 Å². The Bertz CT molecular complexity index is 1250. The van der Waals surface area contributed by atoms with Gasteiger partial charge in [0.1, 0.15) is 11.7 Å². The van der Waals surface area contributed by atoms with E-state index < -0.39 is 35.6 Å². The molecule has 10 nitrogen and oxygen atoms in total. The molecule has 0 spiro atoms. The van der Waals surface area contributed by atoms with E-state index in [-0.39, 0.29) is 36.1 Å². The van der Waals surface area contributed by atoms with Gasteiger partial charge in [0.25, 0.3) is 11.8 Å². The van der Waals surface area contributed by atoms with Gasteiger partial charge in [-0.05, 0) is 69.9 Å². The van der Waals surface area contributed by atoms with Crippen molar-refractivity contribution in [3.8, 4) is 0 Å². The Morgan fingerprint density at radius 3 is 2.59 bits per heavy atom. The van der Waals surface area contributed by atoms with Crippen molar-refractivity contribution in [2.75, 3.05) is 13.1 Å². The van der Waals surface area contributed by atoms with Crippen molar-refractivity contribution in [2.45, 2.75) is 70.5 Å². The number of Topliss-reactive ketones (excluding diaryl/α,β-unsaturated/α-hetero) is 1. The van der Waals surface area contributed by atoms with E-state index >= 15 is 0 Å². The lowest BCUT2D eigenvalue weighted by Crippen LogP contribution is -2.56. The van der Waals surface area contributed by atoms with Crippen molar-refractivity contribution in [2.24, 2.45) is 17.8 Å². The first kappa shape index (κ1) is 26.9. The molecule has 5 atom stereocenters. The lowest BCUT2D eigenvalue weighted by molar-refractivity contribution is -0.141. The lowest BCUT2D eigenvalue weighted by atomic mass is 9.89. The highest BCUT2D eigenvalue weighted by Gasteiger charge is 2.50. The number of benzene rings is 1. The van der Waals surface area contributed by atoms with Crippen molar-refractivity contribution < 1.29 is 24.0 Å². The first-order valence-electron chi connectivity index (χ1n) is 14.0. The number of H-pyrrole nitrogens is 1. The highest BCUT2D eigenvalue weighted by molar-refractivity contribution is 6.38. The topological polar surface area (TPSA) is 140 Å². The van der Waals surface area contributed by atoms with E-state index in [0.29, 0.717) is 25.2 Å². The SMILES string of the molecule is CC(C)NC(=O)C(=O)C(C[C@@H]1CCCNC1=O)NC(=O)[C@@H]1[C@H]2CCC[C@H]2CN1C(=O)c1cc2ccccc2[nH]1. The van der Waals surface area contributed by atoms with Crippen molar-refractivity contribution in [1.82, 2.24) is 25.8 Å². The summed E-state index contributed by atoms with van der Waals surface area (Å²) in [5.74, 6) is -2.73. The molecule has 4 N–H and O–H groups in total. The molecule has 4 amide bonds. The van der Waals surface area contributed by atoms with Crippen LogP contribution in [0.1, 0.15) is 62.9 Å². The fraction of sp³-hybridized carbons (Fsp3) is 0.552. The van der Waals surface area contributed by atoms with E-state index in [4.69, 9.17) is 0 Å². The third-order valence-corrected chi connectivity index (χ3v) is 8.38. The normalized spacial score (nSPS) is 25.3. The average Bonchev–Trinajstić information content (AvgIpc) is 3.62. The number of fused-ring (bicyclic) bond motifs is 2. The Morgan fingerprint density at radius 1 is 1.05 bits per heavy atom. The summed E-state index contributed by atoms with van der Waals surface area (Å²) >= 11 is 0. The van der Waals surface area contributed by atoms with Crippen molar-refractivity contribution >= 4 is 40.3 Å². The molecule has 0 bridgehead atoms. The number of hydrogen-bond acceptors (Lipinski definition) is 5. The fourth-order valence-electron chi connectivity index (χ4n) is 6.52. The molecule has 2 aliphatic heterocycles. The van der Waals surface area contributed by atoms with Gasteiger partial charge in [0, 0.05) is 36.0 Å². The standard InChI is InChI=1S/C29H37N5O5/c1-16(2)31-28(38)25(35)22(14-18-9-6-12-30-26(18)36)33-27(37)24-20-10-5-8-19(20)15-34(24)29(39)23-13-17-7-3-4-11-21(17)32-23/h3-4,7,11,13,16,18-20,22,24,32H,5-6,8-10,12,14-15H2,1-2H3,(H,30,36)(H,31,38)(H,33,37)/t18-,19-,20-,22?,24-/m0/s1. The minimum absolute atomic E-state index is 0.0171. The highest BCUT2D eigenvalue weighted by atomic mass is 16.2. The molecule has 1 aliphatic carbocycles. The number of rotatable bonds is 8. The fourth-order valence-corrected chi connectivity index (χ4v) is 6.52. The van der Waals surface area contributed by atoms with Crippen LogP contribution in [0.15, 0.2) is 30.3 Å². The first-order valence-corrected chi connectivity index (χ1v) is 14.0. The summed E-state index contributed by atoms with van der Waals surface area (Å²) in [5.41, 5.74) is 1.26. The smallest absolute Gasteiger partial charge is 0.289 e. The summed E-state index contributed by atoms with van der Waals surface area (Å²) in [6, 6.07) is 7.25. The Morgan fingerprint density at radius 2 is 1.85 bits per heavy atom. The van der Waals surface area contributed by atoms with E-state index in [9.17, 15) is 24.0 Å². The monoisotopic (exact) mass is 535 g/mol. The van der Waals surface area contributed by atoms with Crippen molar-refractivity contribution in [3.63, 3.8) is 0 Å². The molecule has 3 fully saturated rings. The number of aromatic nitrogens is 1. The minimum atomic E-state index is -1.16. The van der Waals surface area contributed by atoms with E-state index in [1.165, 1.54) is 0 Å².